The van der Waals surface area contributed by atoms with Gasteiger partial charge in [0.15, 0.2) is 5.96 Å². The predicted octanol–water partition coefficient (Wildman–Crippen LogP) is -0.103. The molecule has 1 heterocycles. The molecule has 1 aliphatic rings. The highest BCUT2D eigenvalue weighted by molar-refractivity contribution is 5.80. The molecule has 52 valence electrons. The Hall–Kier alpha value is -0.730. The highest BCUT2D eigenvalue weighted by Gasteiger charge is 2.08. The first-order valence-electron chi connectivity index (χ1n) is 3.26. The van der Waals surface area contributed by atoms with E-state index in [-0.39, 0.29) is 0 Å². The molecule has 0 bridgehead atoms. The second-order valence-corrected chi connectivity index (χ2v) is 2.25. The molecule has 0 unspecified atom stereocenters. The molecule has 3 nitrogen and oxygen atoms in total. The van der Waals surface area contributed by atoms with Crippen LogP contribution in [0.5, 0.6) is 0 Å². The lowest BCUT2D eigenvalue weighted by Gasteiger charge is -2.26. The van der Waals surface area contributed by atoms with Crippen LogP contribution in [0.1, 0.15) is 6.42 Å². The molecule has 0 amide bonds. The molecule has 1 fully saturated rings. The Bertz CT molecular complexity index is 119. The maximum atomic E-state index is 4.06. The van der Waals surface area contributed by atoms with E-state index in [1.54, 1.807) is 0 Å². The number of hydrogen-bond acceptors (Lipinski definition) is 1. The zero-order valence-corrected chi connectivity index (χ0v) is 6.02. The van der Waals surface area contributed by atoms with Gasteiger partial charge in [-0.3, -0.25) is 4.99 Å². The molecule has 0 aromatic carbocycles. The van der Waals surface area contributed by atoms with Crippen molar-refractivity contribution in [3.8, 4) is 0 Å². The van der Waals surface area contributed by atoms with E-state index < -0.39 is 0 Å². The summed E-state index contributed by atoms with van der Waals surface area (Å²) in [6, 6.07) is 0. The highest BCUT2D eigenvalue weighted by atomic mass is 15.3. The number of aliphatic imine (C=N–C) groups is 1. The fraction of sp³-hybridized carbons (Fsp3) is 0.833. The minimum atomic E-state index is 1.02. The van der Waals surface area contributed by atoms with E-state index in [0.717, 1.165) is 19.0 Å². The Morgan fingerprint density at radius 2 is 2.44 bits per heavy atom. The summed E-state index contributed by atoms with van der Waals surface area (Å²) in [6.45, 7) is 2.19. The van der Waals surface area contributed by atoms with Crippen LogP contribution in [-0.4, -0.2) is 38.0 Å². The van der Waals surface area contributed by atoms with Gasteiger partial charge in [-0.1, -0.05) is 0 Å². The molecule has 0 saturated carbocycles. The summed E-state index contributed by atoms with van der Waals surface area (Å²) in [5.41, 5.74) is 0. The summed E-state index contributed by atoms with van der Waals surface area (Å²) < 4.78 is 0. The van der Waals surface area contributed by atoms with Crippen molar-refractivity contribution in [2.45, 2.75) is 6.42 Å². The van der Waals surface area contributed by atoms with E-state index in [2.05, 4.69) is 22.3 Å². The van der Waals surface area contributed by atoms with Gasteiger partial charge in [-0.25, -0.2) is 0 Å². The van der Waals surface area contributed by atoms with Crippen LogP contribution < -0.4 is 5.32 Å². The monoisotopic (exact) mass is 127 g/mol. The average molecular weight is 127 g/mol. The molecule has 0 atom stereocenters. The predicted molar refractivity (Wildman–Crippen MR) is 38.6 cm³/mol. The topological polar surface area (TPSA) is 27.6 Å². The molecule has 1 saturated heterocycles. The van der Waals surface area contributed by atoms with Crippen LogP contribution in [0, 0.1) is 0 Å². The molecule has 0 spiro atoms. The largest absolute Gasteiger partial charge is 0.356 e. The first-order valence-corrected chi connectivity index (χ1v) is 3.26. The third-order valence-corrected chi connectivity index (χ3v) is 1.53. The lowest BCUT2D eigenvalue weighted by Crippen LogP contribution is -2.45. The molecule has 3 heteroatoms. The third kappa shape index (κ3) is 1.34. The van der Waals surface area contributed by atoms with Gasteiger partial charge in [0.1, 0.15) is 0 Å². The van der Waals surface area contributed by atoms with Crippen LogP contribution in [0.3, 0.4) is 0 Å². The quantitative estimate of drug-likeness (QED) is 0.492. The summed E-state index contributed by atoms with van der Waals surface area (Å²) in [5.74, 6) is 1.02. The molecule has 1 aliphatic heterocycles. The molecule has 1 N–H and O–H groups in total. The van der Waals surface area contributed by atoms with Crippen molar-refractivity contribution in [2.24, 2.45) is 4.99 Å². The maximum absolute atomic E-state index is 4.06. The zero-order valence-electron chi connectivity index (χ0n) is 6.02. The third-order valence-electron chi connectivity index (χ3n) is 1.53. The van der Waals surface area contributed by atoms with Gasteiger partial charge < -0.3 is 10.2 Å². The van der Waals surface area contributed by atoms with Crippen LogP contribution in [0.25, 0.3) is 0 Å². The van der Waals surface area contributed by atoms with Gasteiger partial charge >= 0.3 is 0 Å². The van der Waals surface area contributed by atoms with Crippen molar-refractivity contribution >= 4 is 5.96 Å². The lowest BCUT2D eigenvalue weighted by molar-refractivity contribution is 0.430. The summed E-state index contributed by atoms with van der Waals surface area (Å²) >= 11 is 0. The molecular weight excluding hydrogens is 114 g/mol. The first-order chi connectivity index (χ1) is 4.34. The fourth-order valence-electron chi connectivity index (χ4n) is 1.01. The SMILES string of the molecule is CN=C1NCCCN1C. The summed E-state index contributed by atoms with van der Waals surface area (Å²) in [6.07, 6.45) is 1.22. The van der Waals surface area contributed by atoms with Crippen molar-refractivity contribution in [3.63, 3.8) is 0 Å². The second-order valence-electron chi connectivity index (χ2n) is 2.25. The van der Waals surface area contributed by atoms with Gasteiger partial charge in [0.2, 0.25) is 0 Å². The normalized spacial score (nSPS) is 24.2. The van der Waals surface area contributed by atoms with Gasteiger partial charge in [0, 0.05) is 27.2 Å². The molecule has 9 heavy (non-hydrogen) atoms. The van der Waals surface area contributed by atoms with E-state index in [1.165, 1.54) is 6.42 Å². The van der Waals surface area contributed by atoms with Gasteiger partial charge in [0.05, 0.1) is 0 Å². The van der Waals surface area contributed by atoms with Crippen molar-refractivity contribution in [2.75, 3.05) is 27.2 Å². The van der Waals surface area contributed by atoms with E-state index in [4.69, 9.17) is 0 Å². The molecule has 0 aliphatic carbocycles. The smallest absolute Gasteiger partial charge is 0.193 e. The van der Waals surface area contributed by atoms with Crippen LogP contribution in [0.2, 0.25) is 0 Å². The summed E-state index contributed by atoms with van der Waals surface area (Å²) in [7, 11) is 3.86. The molecule has 0 aromatic heterocycles. The zero-order chi connectivity index (χ0) is 6.69. The number of nitrogens with zero attached hydrogens (tertiary/aromatic N) is 2. The van der Waals surface area contributed by atoms with Gasteiger partial charge in [0.25, 0.3) is 0 Å². The van der Waals surface area contributed by atoms with Crippen LogP contribution in [0.15, 0.2) is 4.99 Å². The summed E-state index contributed by atoms with van der Waals surface area (Å²) in [5, 5.41) is 3.19. The Balaban J connectivity index is 2.49. The second kappa shape index (κ2) is 2.71. The van der Waals surface area contributed by atoms with Gasteiger partial charge in [-0.2, -0.15) is 0 Å². The van der Waals surface area contributed by atoms with Crippen LogP contribution >= 0.6 is 0 Å². The number of nitrogens with one attached hydrogen (secondary N) is 1. The van der Waals surface area contributed by atoms with Crippen molar-refractivity contribution < 1.29 is 0 Å². The van der Waals surface area contributed by atoms with Crippen molar-refractivity contribution in [1.82, 2.24) is 10.2 Å². The standard InChI is InChI=1S/C6H13N3/c1-7-6-8-4-3-5-9(6)2/h3-5H2,1-2H3,(H,7,8). The average Bonchev–Trinajstić information content (AvgIpc) is 1.89. The molecule has 1 rings (SSSR count). The minimum Gasteiger partial charge on any atom is -0.356 e. The number of rotatable bonds is 0. The van der Waals surface area contributed by atoms with E-state index in [9.17, 15) is 0 Å². The number of hydrogen-bond donors (Lipinski definition) is 1. The minimum absolute atomic E-state index is 1.02. The molecular formula is C6H13N3. The molecule has 0 aromatic rings. The Morgan fingerprint density at radius 1 is 1.67 bits per heavy atom. The fourth-order valence-corrected chi connectivity index (χ4v) is 1.01. The van der Waals surface area contributed by atoms with E-state index >= 15 is 0 Å². The van der Waals surface area contributed by atoms with Crippen LogP contribution in [-0.2, 0) is 0 Å². The van der Waals surface area contributed by atoms with Gasteiger partial charge in [-0.15, -0.1) is 0 Å². The molecule has 0 radical (unpaired) electrons. The number of guanidine groups is 1. The van der Waals surface area contributed by atoms with Crippen molar-refractivity contribution in [3.05, 3.63) is 0 Å². The Labute approximate surface area is 55.8 Å². The maximum Gasteiger partial charge on any atom is 0.193 e. The highest BCUT2D eigenvalue weighted by Crippen LogP contribution is 1.93. The lowest BCUT2D eigenvalue weighted by atomic mass is 10.3. The Kier molecular flexibility index (Phi) is 1.92. The van der Waals surface area contributed by atoms with Gasteiger partial charge in [-0.05, 0) is 6.42 Å². The summed E-state index contributed by atoms with van der Waals surface area (Å²) in [4.78, 5) is 6.19. The van der Waals surface area contributed by atoms with Crippen molar-refractivity contribution in [1.29, 1.82) is 0 Å². The van der Waals surface area contributed by atoms with E-state index in [0.29, 0.717) is 0 Å². The Morgan fingerprint density at radius 3 is 2.89 bits per heavy atom. The van der Waals surface area contributed by atoms with Crippen LogP contribution in [0.4, 0.5) is 0 Å². The van der Waals surface area contributed by atoms with E-state index in [1.807, 2.05) is 7.05 Å². The first kappa shape index (κ1) is 6.39.